The standard InChI is InChI=1S/C18H21NO/c1-13-15(10-7-11-16(13)18(2,3)20)12-17(19)14-8-5-4-6-9-14/h4-12,20H,19H2,1-3H3/b17-12-. The zero-order valence-corrected chi connectivity index (χ0v) is 12.2. The van der Waals surface area contributed by atoms with E-state index in [-0.39, 0.29) is 0 Å². The lowest BCUT2D eigenvalue weighted by atomic mass is 9.90. The first-order valence-electron chi connectivity index (χ1n) is 6.74. The average Bonchev–Trinajstić information content (AvgIpc) is 2.40. The minimum atomic E-state index is -0.852. The largest absolute Gasteiger partial charge is 0.398 e. The summed E-state index contributed by atoms with van der Waals surface area (Å²) in [5.74, 6) is 0. The molecule has 0 atom stereocenters. The third-order valence-electron chi connectivity index (χ3n) is 3.45. The maximum absolute atomic E-state index is 10.2. The lowest BCUT2D eigenvalue weighted by molar-refractivity contribution is 0.0779. The second kappa shape index (κ2) is 5.51. The Labute approximate surface area is 120 Å². The number of benzene rings is 2. The Morgan fingerprint density at radius 1 is 1.05 bits per heavy atom. The van der Waals surface area contributed by atoms with Crippen LogP contribution < -0.4 is 5.73 Å². The van der Waals surface area contributed by atoms with Gasteiger partial charge in [-0.3, -0.25) is 0 Å². The fourth-order valence-corrected chi connectivity index (χ4v) is 2.35. The maximum atomic E-state index is 10.2. The van der Waals surface area contributed by atoms with Crippen molar-refractivity contribution in [2.75, 3.05) is 0 Å². The summed E-state index contributed by atoms with van der Waals surface area (Å²) in [4.78, 5) is 0. The van der Waals surface area contributed by atoms with E-state index in [0.717, 1.165) is 28.0 Å². The van der Waals surface area contributed by atoms with E-state index in [1.807, 2.05) is 61.5 Å². The van der Waals surface area contributed by atoms with E-state index in [1.165, 1.54) is 0 Å². The van der Waals surface area contributed by atoms with Gasteiger partial charge in [-0.1, -0.05) is 48.5 Å². The van der Waals surface area contributed by atoms with Gasteiger partial charge in [-0.2, -0.15) is 0 Å². The second-order valence-electron chi connectivity index (χ2n) is 5.54. The summed E-state index contributed by atoms with van der Waals surface area (Å²) in [7, 11) is 0. The Morgan fingerprint density at radius 2 is 1.70 bits per heavy atom. The van der Waals surface area contributed by atoms with Crippen LogP contribution in [0.4, 0.5) is 0 Å². The lowest BCUT2D eigenvalue weighted by Crippen LogP contribution is -2.17. The molecule has 2 aromatic rings. The van der Waals surface area contributed by atoms with Crippen LogP contribution in [0.5, 0.6) is 0 Å². The molecule has 0 spiro atoms. The minimum absolute atomic E-state index is 0.724. The molecule has 0 saturated heterocycles. The summed E-state index contributed by atoms with van der Waals surface area (Å²) in [5.41, 5.74) is 10.0. The van der Waals surface area contributed by atoms with Crippen molar-refractivity contribution in [3.05, 3.63) is 70.8 Å². The predicted molar refractivity (Wildman–Crippen MR) is 84.9 cm³/mol. The highest BCUT2D eigenvalue weighted by atomic mass is 16.3. The van der Waals surface area contributed by atoms with Gasteiger partial charge in [0.05, 0.1) is 5.60 Å². The quantitative estimate of drug-likeness (QED) is 0.833. The molecular weight excluding hydrogens is 246 g/mol. The summed E-state index contributed by atoms with van der Waals surface area (Å²) < 4.78 is 0. The number of aliphatic hydroxyl groups is 1. The molecule has 0 heterocycles. The molecule has 20 heavy (non-hydrogen) atoms. The van der Waals surface area contributed by atoms with Gasteiger partial charge in [-0.05, 0) is 49.1 Å². The van der Waals surface area contributed by atoms with Crippen molar-refractivity contribution in [2.45, 2.75) is 26.4 Å². The van der Waals surface area contributed by atoms with Crippen molar-refractivity contribution in [1.29, 1.82) is 0 Å². The Kier molecular flexibility index (Phi) is 3.96. The molecule has 0 aliphatic carbocycles. The van der Waals surface area contributed by atoms with Crippen molar-refractivity contribution in [2.24, 2.45) is 5.73 Å². The topological polar surface area (TPSA) is 46.2 Å². The Balaban J connectivity index is 2.45. The SMILES string of the molecule is Cc1c(/C=C(\N)c2ccccc2)cccc1C(C)(C)O. The third-order valence-corrected chi connectivity index (χ3v) is 3.45. The third kappa shape index (κ3) is 3.09. The van der Waals surface area contributed by atoms with E-state index in [0.29, 0.717) is 0 Å². The number of rotatable bonds is 3. The Bertz CT molecular complexity index is 622. The fourth-order valence-electron chi connectivity index (χ4n) is 2.35. The maximum Gasteiger partial charge on any atom is 0.0843 e. The van der Waals surface area contributed by atoms with Crippen LogP contribution in [0, 0.1) is 6.92 Å². The molecule has 0 aliphatic rings. The van der Waals surface area contributed by atoms with Crippen LogP contribution in [0.3, 0.4) is 0 Å². The molecule has 0 radical (unpaired) electrons. The smallest absolute Gasteiger partial charge is 0.0843 e. The summed E-state index contributed by atoms with van der Waals surface area (Å²) >= 11 is 0. The van der Waals surface area contributed by atoms with Gasteiger partial charge in [-0.15, -0.1) is 0 Å². The molecule has 0 bridgehead atoms. The summed E-state index contributed by atoms with van der Waals surface area (Å²) in [6.45, 7) is 5.60. The number of nitrogens with two attached hydrogens (primary N) is 1. The van der Waals surface area contributed by atoms with Gasteiger partial charge in [0.2, 0.25) is 0 Å². The van der Waals surface area contributed by atoms with E-state index >= 15 is 0 Å². The second-order valence-corrected chi connectivity index (χ2v) is 5.54. The van der Waals surface area contributed by atoms with Gasteiger partial charge < -0.3 is 10.8 Å². The molecule has 2 rings (SSSR count). The molecule has 0 unspecified atom stereocenters. The highest BCUT2D eigenvalue weighted by Crippen LogP contribution is 2.27. The van der Waals surface area contributed by atoms with E-state index in [9.17, 15) is 5.11 Å². The van der Waals surface area contributed by atoms with Gasteiger partial charge in [0.15, 0.2) is 0 Å². The van der Waals surface area contributed by atoms with Gasteiger partial charge in [0, 0.05) is 5.70 Å². The van der Waals surface area contributed by atoms with Crippen molar-refractivity contribution < 1.29 is 5.11 Å². The lowest BCUT2D eigenvalue weighted by Gasteiger charge is -2.21. The molecule has 0 saturated carbocycles. The van der Waals surface area contributed by atoms with Gasteiger partial charge in [-0.25, -0.2) is 0 Å². The van der Waals surface area contributed by atoms with Crippen molar-refractivity contribution in [3.8, 4) is 0 Å². The zero-order valence-electron chi connectivity index (χ0n) is 12.2. The van der Waals surface area contributed by atoms with Crippen LogP contribution in [0.25, 0.3) is 11.8 Å². The molecule has 0 fully saturated rings. The minimum Gasteiger partial charge on any atom is -0.398 e. The van der Waals surface area contributed by atoms with E-state index < -0.39 is 5.60 Å². The molecule has 2 nitrogen and oxygen atoms in total. The van der Waals surface area contributed by atoms with E-state index in [4.69, 9.17) is 5.73 Å². The zero-order chi connectivity index (χ0) is 14.8. The fraction of sp³-hybridized carbons (Fsp3) is 0.222. The van der Waals surface area contributed by atoms with Gasteiger partial charge >= 0.3 is 0 Å². The summed E-state index contributed by atoms with van der Waals surface area (Å²) in [6, 6.07) is 15.8. The predicted octanol–water partition coefficient (Wildman–Crippen LogP) is 3.68. The first kappa shape index (κ1) is 14.4. The molecular formula is C18H21NO. The molecule has 2 aromatic carbocycles. The van der Waals surface area contributed by atoms with Crippen LogP contribution in [-0.4, -0.2) is 5.11 Å². The normalized spacial score (nSPS) is 12.5. The Morgan fingerprint density at radius 3 is 2.30 bits per heavy atom. The first-order chi connectivity index (χ1) is 9.39. The van der Waals surface area contributed by atoms with Crippen LogP contribution in [-0.2, 0) is 5.60 Å². The first-order valence-corrected chi connectivity index (χ1v) is 6.74. The van der Waals surface area contributed by atoms with Gasteiger partial charge in [0.1, 0.15) is 0 Å². The summed E-state index contributed by atoms with van der Waals surface area (Å²) in [5, 5.41) is 10.2. The Hall–Kier alpha value is -2.06. The van der Waals surface area contributed by atoms with E-state index in [2.05, 4.69) is 0 Å². The van der Waals surface area contributed by atoms with Crippen LogP contribution in [0.1, 0.15) is 36.1 Å². The van der Waals surface area contributed by atoms with Gasteiger partial charge in [0.25, 0.3) is 0 Å². The van der Waals surface area contributed by atoms with Crippen molar-refractivity contribution in [1.82, 2.24) is 0 Å². The molecule has 2 heteroatoms. The highest BCUT2D eigenvalue weighted by Gasteiger charge is 2.19. The molecule has 0 amide bonds. The number of hydrogen-bond donors (Lipinski definition) is 2. The number of hydrogen-bond acceptors (Lipinski definition) is 2. The molecule has 104 valence electrons. The monoisotopic (exact) mass is 267 g/mol. The van der Waals surface area contributed by atoms with Crippen LogP contribution in [0.15, 0.2) is 48.5 Å². The molecule has 3 N–H and O–H groups in total. The van der Waals surface area contributed by atoms with Crippen molar-refractivity contribution >= 4 is 11.8 Å². The summed E-state index contributed by atoms with van der Waals surface area (Å²) in [6.07, 6.45) is 1.96. The highest BCUT2D eigenvalue weighted by molar-refractivity contribution is 5.80. The molecule has 0 aliphatic heterocycles. The average molecular weight is 267 g/mol. The van der Waals surface area contributed by atoms with E-state index in [1.54, 1.807) is 13.8 Å². The van der Waals surface area contributed by atoms with Crippen LogP contribution in [0.2, 0.25) is 0 Å². The molecule has 0 aromatic heterocycles. The van der Waals surface area contributed by atoms with Crippen molar-refractivity contribution in [3.63, 3.8) is 0 Å². The van der Waals surface area contributed by atoms with Crippen LogP contribution >= 0.6 is 0 Å².